The zero-order valence-corrected chi connectivity index (χ0v) is 10.5. The zero-order chi connectivity index (χ0) is 12.8. The summed E-state index contributed by atoms with van der Waals surface area (Å²) in [6.45, 7) is 4.63. The lowest BCUT2D eigenvalue weighted by molar-refractivity contribution is -0.142. The summed E-state index contributed by atoms with van der Waals surface area (Å²) in [5, 5.41) is 8.76. The van der Waals surface area contributed by atoms with E-state index in [2.05, 4.69) is 0 Å². The number of carboxylic acids is 1. The van der Waals surface area contributed by atoms with E-state index >= 15 is 0 Å². The largest absolute Gasteiger partial charge is 0.481 e. The van der Waals surface area contributed by atoms with Crippen molar-refractivity contribution in [2.45, 2.75) is 51.7 Å². The van der Waals surface area contributed by atoms with Gasteiger partial charge in [0.2, 0.25) is 5.91 Å². The Morgan fingerprint density at radius 2 is 2.24 bits per heavy atom. The van der Waals surface area contributed by atoms with Gasteiger partial charge in [-0.1, -0.05) is 6.92 Å². The highest BCUT2D eigenvalue weighted by Gasteiger charge is 2.30. The second kappa shape index (κ2) is 6.59. The number of likely N-dealkylation sites (tertiary alicyclic amines) is 1. The maximum atomic E-state index is 11.9. The number of carbonyl (C=O) groups is 2. The Kier molecular flexibility index (Phi) is 5.41. The molecule has 17 heavy (non-hydrogen) atoms. The average molecular weight is 243 g/mol. The molecule has 1 N–H and O–H groups in total. The van der Waals surface area contributed by atoms with Gasteiger partial charge in [0.1, 0.15) is 6.61 Å². The van der Waals surface area contributed by atoms with E-state index < -0.39 is 5.97 Å². The summed E-state index contributed by atoms with van der Waals surface area (Å²) in [5.74, 6) is -0.938. The molecule has 1 amide bonds. The molecule has 98 valence electrons. The molecule has 0 aromatic heterocycles. The summed E-state index contributed by atoms with van der Waals surface area (Å²) in [4.78, 5) is 24.2. The number of ether oxygens (including phenoxy) is 1. The zero-order valence-electron chi connectivity index (χ0n) is 10.5. The Morgan fingerprint density at radius 1 is 1.53 bits per heavy atom. The van der Waals surface area contributed by atoms with E-state index in [0.717, 1.165) is 19.3 Å². The van der Waals surface area contributed by atoms with Gasteiger partial charge in [-0.05, 0) is 26.2 Å². The molecular weight excluding hydrogens is 222 g/mol. The SMILES string of the molecule is CCC(C)OCC(=O)N1CCCC1CC(=O)O. The van der Waals surface area contributed by atoms with Crippen LogP contribution in [0.15, 0.2) is 0 Å². The van der Waals surface area contributed by atoms with Gasteiger partial charge in [0.15, 0.2) is 0 Å². The molecule has 0 spiro atoms. The standard InChI is InChI=1S/C12H21NO4/c1-3-9(2)17-8-11(14)13-6-4-5-10(13)7-12(15)16/h9-10H,3-8H2,1-2H3,(H,15,16). The predicted octanol–water partition coefficient (Wildman–Crippen LogP) is 1.27. The molecule has 5 nitrogen and oxygen atoms in total. The first-order chi connectivity index (χ1) is 8.04. The van der Waals surface area contributed by atoms with Crippen LogP contribution in [0, 0.1) is 0 Å². The number of amides is 1. The summed E-state index contributed by atoms with van der Waals surface area (Å²) in [6, 6.07) is -0.152. The highest BCUT2D eigenvalue weighted by atomic mass is 16.5. The van der Waals surface area contributed by atoms with Crippen LogP contribution in [-0.4, -0.2) is 47.2 Å². The molecule has 0 aromatic rings. The highest BCUT2D eigenvalue weighted by molar-refractivity contribution is 5.79. The van der Waals surface area contributed by atoms with Crippen molar-refractivity contribution in [3.05, 3.63) is 0 Å². The first kappa shape index (κ1) is 14.0. The first-order valence-electron chi connectivity index (χ1n) is 6.17. The topological polar surface area (TPSA) is 66.8 Å². The van der Waals surface area contributed by atoms with Crippen LogP contribution >= 0.6 is 0 Å². The van der Waals surface area contributed by atoms with Gasteiger partial charge in [0.25, 0.3) is 0 Å². The summed E-state index contributed by atoms with van der Waals surface area (Å²) in [7, 11) is 0. The minimum Gasteiger partial charge on any atom is -0.481 e. The van der Waals surface area contributed by atoms with Crippen molar-refractivity contribution in [3.63, 3.8) is 0 Å². The fourth-order valence-corrected chi connectivity index (χ4v) is 1.99. The predicted molar refractivity (Wildman–Crippen MR) is 62.7 cm³/mol. The van der Waals surface area contributed by atoms with Crippen molar-refractivity contribution in [1.82, 2.24) is 4.90 Å². The molecule has 1 heterocycles. The van der Waals surface area contributed by atoms with E-state index in [0.29, 0.717) is 6.54 Å². The highest BCUT2D eigenvalue weighted by Crippen LogP contribution is 2.20. The molecule has 5 heteroatoms. The normalized spacial score (nSPS) is 21.5. The number of nitrogens with zero attached hydrogens (tertiary/aromatic N) is 1. The molecule has 1 aliphatic heterocycles. The van der Waals surface area contributed by atoms with Gasteiger partial charge < -0.3 is 14.7 Å². The average Bonchev–Trinajstić information content (AvgIpc) is 2.72. The molecule has 0 bridgehead atoms. The third-order valence-corrected chi connectivity index (χ3v) is 3.17. The number of aliphatic carboxylic acids is 1. The Hall–Kier alpha value is -1.10. The molecular formula is C12H21NO4. The van der Waals surface area contributed by atoms with Crippen molar-refractivity contribution in [3.8, 4) is 0 Å². The second-order valence-corrected chi connectivity index (χ2v) is 4.51. The van der Waals surface area contributed by atoms with Crippen molar-refractivity contribution in [1.29, 1.82) is 0 Å². The van der Waals surface area contributed by atoms with Crippen molar-refractivity contribution < 1.29 is 19.4 Å². The molecule has 0 saturated carbocycles. The Labute approximate surface area is 102 Å². The maximum absolute atomic E-state index is 11.9. The minimum atomic E-state index is -0.849. The van der Waals surface area contributed by atoms with Crippen molar-refractivity contribution in [2.24, 2.45) is 0 Å². The molecule has 2 atom stereocenters. The Morgan fingerprint density at radius 3 is 2.82 bits per heavy atom. The van der Waals surface area contributed by atoms with Gasteiger partial charge in [-0.3, -0.25) is 9.59 Å². The van der Waals surface area contributed by atoms with Gasteiger partial charge >= 0.3 is 5.97 Å². The number of carbonyl (C=O) groups excluding carboxylic acids is 1. The Bertz CT molecular complexity index is 280. The van der Waals surface area contributed by atoms with E-state index in [-0.39, 0.29) is 31.1 Å². The van der Waals surface area contributed by atoms with Crippen LogP contribution in [0.5, 0.6) is 0 Å². The maximum Gasteiger partial charge on any atom is 0.305 e. The molecule has 1 saturated heterocycles. The van der Waals surface area contributed by atoms with Crippen molar-refractivity contribution >= 4 is 11.9 Å². The monoisotopic (exact) mass is 243 g/mol. The molecule has 2 unspecified atom stereocenters. The number of hydrogen-bond donors (Lipinski definition) is 1. The fourth-order valence-electron chi connectivity index (χ4n) is 1.99. The van der Waals surface area contributed by atoms with Crippen LogP contribution in [0.4, 0.5) is 0 Å². The van der Waals surface area contributed by atoms with E-state index in [9.17, 15) is 9.59 Å². The fraction of sp³-hybridized carbons (Fsp3) is 0.833. The Balaban J connectivity index is 2.41. The minimum absolute atomic E-state index is 0.0368. The van der Waals surface area contributed by atoms with E-state index in [1.807, 2.05) is 13.8 Å². The van der Waals surface area contributed by atoms with Crippen LogP contribution in [-0.2, 0) is 14.3 Å². The summed E-state index contributed by atoms with van der Waals surface area (Å²) < 4.78 is 5.38. The van der Waals surface area contributed by atoms with Gasteiger partial charge in [0, 0.05) is 12.6 Å². The van der Waals surface area contributed by atoms with Gasteiger partial charge in [0.05, 0.1) is 12.5 Å². The van der Waals surface area contributed by atoms with Crippen LogP contribution in [0.3, 0.4) is 0 Å². The van der Waals surface area contributed by atoms with Crippen LogP contribution < -0.4 is 0 Å². The lowest BCUT2D eigenvalue weighted by atomic mass is 10.1. The second-order valence-electron chi connectivity index (χ2n) is 4.51. The lowest BCUT2D eigenvalue weighted by Crippen LogP contribution is -2.39. The molecule has 1 fully saturated rings. The van der Waals surface area contributed by atoms with Crippen molar-refractivity contribution in [2.75, 3.05) is 13.2 Å². The van der Waals surface area contributed by atoms with Gasteiger partial charge in [-0.15, -0.1) is 0 Å². The smallest absolute Gasteiger partial charge is 0.305 e. The van der Waals surface area contributed by atoms with Crippen LogP contribution in [0.25, 0.3) is 0 Å². The molecule has 0 aliphatic carbocycles. The quantitative estimate of drug-likeness (QED) is 0.762. The first-order valence-corrected chi connectivity index (χ1v) is 6.17. The van der Waals surface area contributed by atoms with Crippen LogP contribution in [0.2, 0.25) is 0 Å². The molecule has 1 rings (SSSR count). The number of carboxylic acid groups (broad SMARTS) is 1. The van der Waals surface area contributed by atoms with E-state index in [1.165, 1.54) is 0 Å². The molecule has 0 radical (unpaired) electrons. The summed E-state index contributed by atoms with van der Waals surface area (Å²) in [5.41, 5.74) is 0. The third-order valence-electron chi connectivity index (χ3n) is 3.17. The van der Waals surface area contributed by atoms with Gasteiger partial charge in [-0.25, -0.2) is 0 Å². The number of hydrogen-bond acceptors (Lipinski definition) is 3. The van der Waals surface area contributed by atoms with Crippen LogP contribution in [0.1, 0.15) is 39.5 Å². The summed E-state index contributed by atoms with van der Waals surface area (Å²) in [6.07, 6.45) is 2.63. The van der Waals surface area contributed by atoms with E-state index in [4.69, 9.17) is 9.84 Å². The third kappa shape index (κ3) is 4.34. The van der Waals surface area contributed by atoms with E-state index in [1.54, 1.807) is 4.90 Å². The lowest BCUT2D eigenvalue weighted by Gasteiger charge is -2.24. The van der Waals surface area contributed by atoms with Gasteiger partial charge in [-0.2, -0.15) is 0 Å². The molecule has 0 aromatic carbocycles. The summed E-state index contributed by atoms with van der Waals surface area (Å²) >= 11 is 0. The number of rotatable bonds is 6. The molecule has 1 aliphatic rings.